The van der Waals surface area contributed by atoms with Gasteiger partial charge < -0.3 is 9.64 Å². The van der Waals surface area contributed by atoms with Gasteiger partial charge in [0.05, 0.1) is 23.1 Å². The van der Waals surface area contributed by atoms with Crippen LogP contribution < -0.4 is 9.64 Å². The number of carbonyl (C=O) groups is 1. The van der Waals surface area contributed by atoms with Crippen molar-refractivity contribution in [2.75, 3.05) is 18.1 Å². The molecule has 0 aliphatic heterocycles. The number of benzene rings is 2. The predicted molar refractivity (Wildman–Crippen MR) is 87.5 cm³/mol. The van der Waals surface area contributed by atoms with E-state index in [0.29, 0.717) is 0 Å². The second kappa shape index (κ2) is 8.53. The van der Waals surface area contributed by atoms with E-state index in [4.69, 9.17) is 10.00 Å². The van der Waals surface area contributed by atoms with E-state index < -0.39 is 40.5 Å². The average molecular weight is 361 g/mol. The van der Waals surface area contributed by atoms with Gasteiger partial charge in [0.1, 0.15) is 11.6 Å². The second-order valence-corrected chi connectivity index (χ2v) is 5.06. The molecule has 0 aliphatic rings. The molecular formula is C17H13F2N3O4. The Labute approximate surface area is 147 Å². The summed E-state index contributed by atoms with van der Waals surface area (Å²) in [4.78, 5) is 23.6. The third kappa shape index (κ3) is 4.51. The highest BCUT2D eigenvalue weighted by atomic mass is 19.1. The first-order chi connectivity index (χ1) is 12.4. The van der Waals surface area contributed by atoms with E-state index in [2.05, 4.69) is 0 Å². The molecule has 2 rings (SSSR count). The molecule has 0 aliphatic carbocycles. The Hall–Kier alpha value is -3.54. The first kappa shape index (κ1) is 18.8. The van der Waals surface area contributed by atoms with Crippen LogP contribution in [0.15, 0.2) is 42.5 Å². The lowest BCUT2D eigenvalue weighted by Gasteiger charge is -2.22. The number of rotatable bonds is 7. The molecule has 0 aromatic heterocycles. The van der Waals surface area contributed by atoms with Crippen LogP contribution in [0.3, 0.4) is 0 Å². The number of nitro benzene ring substituents is 1. The van der Waals surface area contributed by atoms with E-state index in [-0.39, 0.29) is 18.7 Å². The lowest BCUT2D eigenvalue weighted by atomic mass is 10.2. The summed E-state index contributed by atoms with van der Waals surface area (Å²) in [6.07, 6.45) is -0.0554. The quantitative estimate of drug-likeness (QED) is 0.557. The maximum absolute atomic E-state index is 14.0. The molecule has 1 amide bonds. The van der Waals surface area contributed by atoms with Gasteiger partial charge in [0.2, 0.25) is 5.75 Å². The summed E-state index contributed by atoms with van der Waals surface area (Å²) in [5.41, 5.74) is -0.557. The largest absolute Gasteiger partial charge is 0.477 e. The summed E-state index contributed by atoms with van der Waals surface area (Å²) in [6, 6.07) is 9.92. The summed E-state index contributed by atoms with van der Waals surface area (Å²) in [5, 5.41) is 19.7. The fraction of sp³-hybridized carbons (Fsp3) is 0.176. The van der Waals surface area contributed by atoms with Crippen LogP contribution in [-0.4, -0.2) is 24.0 Å². The fourth-order valence-electron chi connectivity index (χ4n) is 2.18. The van der Waals surface area contributed by atoms with Crippen LogP contribution in [0.1, 0.15) is 6.42 Å². The monoisotopic (exact) mass is 361 g/mol. The van der Waals surface area contributed by atoms with Crippen molar-refractivity contribution in [1.29, 1.82) is 5.26 Å². The van der Waals surface area contributed by atoms with Crippen molar-refractivity contribution < 1.29 is 23.2 Å². The standard InChI is InChI=1S/C17H13F2N3O4/c18-12-6-7-15(22(24)25)16(10-12)26-11-17(23)21(9-3-8-20)14-5-2-1-4-13(14)19/h1-2,4-7,10H,3,9,11H2. The highest BCUT2D eigenvalue weighted by molar-refractivity contribution is 5.94. The lowest BCUT2D eigenvalue weighted by Crippen LogP contribution is -2.36. The Balaban J connectivity index is 2.21. The fourth-order valence-corrected chi connectivity index (χ4v) is 2.18. The Morgan fingerprint density at radius 2 is 2.00 bits per heavy atom. The number of nitrogens with zero attached hydrogens (tertiary/aromatic N) is 3. The number of nitro groups is 1. The van der Waals surface area contributed by atoms with Crippen LogP contribution in [-0.2, 0) is 4.79 Å². The van der Waals surface area contributed by atoms with Crippen molar-refractivity contribution in [1.82, 2.24) is 0 Å². The van der Waals surface area contributed by atoms with Crippen molar-refractivity contribution in [2.45, 2.75) is 6.42 Å². The van der Waals surface area contributed by atoms with Gasteiger partial charge in [0.15, 0.2) is 6.61 Å². The normalized spacial score (nSPS) is 10.0. The molecule has 0 unspecified atom stereocenters. The van der Waals surface area contributed by atoms with Crippen molar-refractivity contribution in [3.05, 3.63) is 64.2 Å². The molecule has 7 nitrogen and oxygen atoms in total. The molecule has 0 atom stereocenters. The van der Waals surface area contributed by atoms with Gasteiger partial charge in [-0.2, -0.15) is 5.26 Å². The molecule has 0 bridgehead atoms. The average Bonchev–Trinajstić information content (AvgIpc) is 2.61. The number of para-hydroxylation sites is 1. The van der Waals surface area contributed by atoms with Gasteiger partial charge >= 0.3 is 5.69 Å². The van der Waals surface area contributed by atoms with Gasteiger partial charge in [0, 0.05) is 18.7 Å². The van der Waals surface area contributed by atoms with Crippen LogP contribution >= 0.6 is 0 Å². The van der Waals surface area contributed by atoms with Crippen LogP contribution in [0.25, 0.3) is 0 Å². The highest BCUT2D eigenvalue weighted by Gasteiger charge is 2.22. The van der Waals surface area contributed by atoms with Crippen molar-refractivity contribution in [3.8, 4) is 11.8 Å². The zero-order valence-corrected chi connectivity index (χ0v) is 13.4. The van der Waals surface area contributed by atoms with Crippen molar-refractivity contribution in [3.63, 3.8) is 0 Å². The Morgan fingerprint density at radius 1 is 1.27 bits per heavy atom. The number of hydrogen-bond acceptors (Lipinski definition) is 5. The molecule has 134 valence electrons. The maximum atomic E-state index is 14.0. The number of anilines is 1. The molecule has 26 heavy (non-hydrogen) atoms. The summed E-state index contributed by atoms with van der Waals surface area (Å²) >= 11 is 0. The van der Waals surface area contributed by atoms with E-state index in [1.54, 1.807) is 0 Å². The number of carbonyl (C=O) groups excluding carboxylic acids is 1. The highest BCUT2D eigenvalue weighted by Crippen LogP contribution is 2.28. The summed E-state index contributed by atoms with van der Waals surface area (Å²) < 4.78 is 32.3. The van der Waals surface area contributed by atoms with E-state index in [1.807, 2.05) is 6.07 Å². The molecule has 0 radical (unpaired) electrons. The SMILES string of the molecule is N#CCCN(C(=O)COc1cc(F)ccc1[N+](=O)[O-])c1ccccc1F. The Bertz CT molecular complexity index is 867. The molecule has 0 heterocycles. The van der Waals surface area contributed by atoms with Gasteiger partial charge in [-0.25, -0.2) is 8.78 Å². The predicted octanol–water partition coefficient (Wildman–Crippen LogP) is 3.20. The smallest absolute Gasteiger partial charge is 0.311 e. The summed E-state index contributed by atoms with van der Waals surface area (Å²) in [5.74, 6) is -2.59. The second-order valence-electron chi connectivity index (χ2n) is 5.06. The number of halogens is 2. The first-order valence-electron chi connectivity index (χ1n) is 7.42. The molecule has 0 saturated carbocycles. The Kier molecular flexibility index (Phi) is 6.16. The van der Waals surface area contributed by atoms with Crippen LogP contribution in [0.2, 0.25) is 0 Å². The number of hydrogen-bond donors (Lipinski definition) is 0. The third-order valence-electron chi connectivity index (χ3n) is 3.36. The topological polar surface area (TPSA) is 96.5 Å². The molecule has 0 spiro atoms. The zero-order chi connectivity index (χ0) is 19.1. The lowest BCUT2D eigenvalue weighted by molar-refractivity contribution is -0.385. The van der Waals surface area contributed by atoms with Gasteiger partial charge in [-0.1, -0.05) is 12.1 Å². The van der Waals surface area contributed by atoms with Gasteiger partial charge in [-0.15, -0.1) is 0 Å². The summed E-state index contributed by atoms with van der Waals surface area (Å²) in [6.45, 7) is -0.783. The van der Waals surface area contributed by atoms with E-state index >= 15 is 0 Å². The van der Waals surface area contributed by atoms with Crippen LogP contribution in [0, 0.1) is 33.1 Å². The van der Waals surface area contributed by atoms with Crippen LogP contribution in [0.5, 0.6) is 5.75 Å². The molecule has 2 aromatic carbocycles. The molecular weight excluding hydrogens is 348 g/mol. The number of ether oxygens (including phenoxy) is 1. The molecule has 0 saturated heterocycles. The van der Waals surface area contributed by atoms with Crippen molar-refractivity contribution in [2.24, 2.45) is 0 Å². The van der Waals surface area contributed by atoms with Gasteiger partial charge in [-0.05, 0) is 18.2 Å². The number of amides is 1. The minimum Gasteiger partial charge on any atom is -0.477 e. The maximum Gasteiger partial charge on any atom is 0.311 e. The van der Waals surface area contributed by atoms with E-state index in [9.17, 15) is 23.7 Å². The van der Waals surface area contributed by atoms with Gasteiger partial charge in [-0.3, -0.25) is 14.9 Å². The molecule has 2 aromatic rings. The zero-order valence-electron chi connectivity index (χ0n) is 13.4. The minimum atomic E-state index is -0.774. The van der Waals surface area contributed by atoms with Crippen molar-refractivity contribution >= 4 is 17.3 Å². The first-order valence-corrected chi connectivity index (χ1v) is 7.42. The molecule has 9 heteroatoms. The minimum absolute atomic E-state index is 0.0508. The Morgan fingerprint density at radius 3 is 2.65 bits per heavy atom. The third-order valence-corrected chi connectivity index (χ3v) is 3.36. The number of nitriles is 1. The van der Waals surface area contributed by atoms with E-state index in [0.717, 1.165) is 29.2 Å². The van der Waals surface area contributed by atoms with Gasteiger partial charge in [0.25, 0.3) is 5.91 Å². The van der Waals surface area contributed by atoms with E-state index in [1.165, 1.54) is 18.2 Å². The van der Waals surface area contributed by atoms with Crippen LogP contribution in [0.4, 0.5) is 20.2 Å². The molecule has 0 fully saturated rings. The summed E-state index contributed by atoms with van der Waals surface area (Å²) in [7, 11) is 0. The molecule has 0 N–H and O–H groups in total.